The summed E-state index contributed by atoms with van der Waals surface area (Å²) in [6.07, 6.45) is 3.40. The Morgan fingerprint density at radius 1 is 1.60 bits per heavy atom. The Kier molecular flexibility index (Phi) is 4.13. The molecule has 1 atom stereocenters. The van der Waals surface area contributed by atoms with E-state index in [9.17, 15) is 4.79 Å². The number of carbonyl (C=O) groups excluding carboxylic acids is 1. The third kappa shape index (κ3) is 2.91. The van der Waals surface area contributed by atoms with Gasteiger partial charge in [-0.25, -0.2) is 0 Å². The molecule has 0 aliphatic carbocycles. The lowest BCUT2D eigenvalue weighted by Gasteiger charge is -2.08. The smallest absolute Gasteiger partial charge is 0.254 e. The van der Waals surface area contributed by atoms with E-state index in [2.05, 4.69) is 27.0 Å². The summed E-state index contributed by atoms with van der Waals surface area (Å²) in [6, 6.07) is 2.08. The zero-order valence-electron chi connectivity index (χ0n) is 11.1. The molecular weight excluding hydrogens is 274 g/mol. The first-order valence-corrected chi connectivity index (χ1v) is 7.69. The Hall–Kier alpha value is -1.66. The number of hydrogen-bond acceptors (Lipinski definition) is 4. The molecule has 5 nitrogen and oxygen atoms in total. The van der Waals surface area contributed by atoms with E-state index in [1.54, 1.807) is 17.5 Å². The average molecular weight is 291 g/mol. The minimum absolute atomic E-state index is 0.0594. The van der Waals surface area contributed by atoms with Gasteiger partial charge in [0.2, 0.25) is 0 Å². The van der Waals surface area contributed by atoms with Gasteiger partial charge in [-0.15, -0.1) is 0 Å². The van der Waals surface area contributed by atoms with Crippen LogP contribution in [0.1, 0.15) is 34.0 Å². The number of hydrogen-bond donors (Lipinski definition) is 2. The van der Waals surface area contributed by atoms with Gasteiger partial charge in [0.05, 0.1) is 24.1 Å². The molecule has 1 amide bonds. The summed E-state index contributed by atoms with van der Waals surface area (Å²) in [5.74, 6) is 0.200. The van der Waals surface area contributed by atoms with Crippen molar-refractivity contribution in [3.8, 4) is 0 Å². The minimum atomic E-state index is -0.0594. The van der Waals surface area contributed by atoms with Crippen LogP contribution in [0.4, 0.5) is 0 Å². The lowest BCUT2D eigenvalue weighted by molar-refractivity contribution is 0.0952. The van der Waals surface area contributed by atoms with E-state index in [0.29, 0.717) is 18.7 Å². The van der Waals surface area contributed by atoms with Gasteiger partial charge in [0, 0.05) is 19.1 Å². The van der Waals surface area contributed by atoms with Crippen LogP contribution in [0.15, 0.2) is 23.0 Å². The van der Waals surface area contributed by atoms with Crippen LogP contribution < -0.4 is 5.32 Å². The molecule has 3 rings (SSSR count). The number of amides is 1. The maximum atomic E-state index is 12.2. The number of thiophene rings is 1. The molecule has 106 valence electrons. The molecule has 1 fully saturated rings. The van der Waals surface area contributed by atoms with Crippen molar-refractivity contribution in [1.29, 1.82) is 0 Å². The highest BCUT2D eigenvalue weighted by molar-refractivity contribution is 7.07. The fraction of sp³-hybridized carbons (Fsp3) is 0.429. The Labute approximate surface area is 121 Å². The molecule has 1 saturated heterocycles. The molecule has 1 aliphatic heterocycles. The molecule has 3 heterocycles. The van der Waals surface area contributed by atoms with Crippen LogP contribution in [0.2, 0.25) is 0 Å². The van der Waals surface area contributed by atoms with Gasteiger partial charge in [0.25, 0.3) is 5.91 Å². The molecule has 0 spiro atoms. The van der Waals surface area contributed by atoms with E-state index in [4.69, 9.17) is 4.74 Å². The van der Waals surface area contributed by atoms with Gasteiger partial charge in [0.1, 0.15) is 0 Å². The third-order valence-electron chi connectivity index (χ3n) is 3.53. The zero-order chi connectivity index (χ0) is 13.8. The van der Waals surface area contributed by atoms with Gasteiger partial charge in [0.15, 0.2) is 0 Å². The van der Waals surface area contributed by atoms with Crippen molar-refractivity contribution >= 4 is 17.2 Å². The van der Waals surface area contributed by atoms with E-state index >= 15 is 0 Å². The van der Waals surface area contributed by atoms with Gasteiger partial charge in [-0.2, -0.15) is 16.4 Å². The molecule has 0 radical (unpaired) electrons. The first-order chi connectivity index (χ1) is 9.84. The molecule has 1 unspecified atom stereocenters. The Balaban J connectivity index is 1.58. The second-order valence-electron chi connectivity index (χ2n) is 4.90. The van der Waals surface area contributed by atoms with Crippen LogP contribution in [0, 0.1) is 0 Å². The van der Waals surface area contributed by atoms with Crippen molar-refractivity contribution in [2.75, 3.05) is 19.8 Å². The number of carbonyl (C=O) groups is 1. The van der Waals surface area contributed by atoms with Crippen LogP contribution >= 0.6 is 11.3 Å². The number of rotatable bonds is 5. The minimum Gasteiger partial charge on any atom is -0.381 e. The summed E-state index contributed by atoms with van der Waals surface area (Å²) in [7, 11) is 0. The van der Waals surface area contributed by atoms with Gasteiger partial charge in [-0.3, -0.25) is 9.89 Å². The maximum Gasteiger partial charge on any atom is 0.254 e. The lowest BCUT2D eigenvalue weighted by Crippen LogP contribution is -2.26. The summed E-state index contributed by atoms with van der Waals surface area (Å²) in [5, 5.41) is 14.1. The van der Waals surface area contributed by atoms with Crippen molar-refractivity contribution in [2.24, 2.45) is 0 Å². The second kappa shape index (κ2) is 6.19. The predicted molar refractivity (Wildman–Crippen MR) is 77.1 cm³/mol. The molecule has 20 heavy (non-hydrogen) atoms. The van der Waals surface area contributed by atoms with Gasteiger partial charge < -0.3 is 10.1 Å². The normalized spacial score (nSPS) is 18.3. The standard InChI is InChI=1S/C14H17N3O2S/c18-14(15-4-1-10-3-6-20-9-10)12-7-16-17-13(12)11-2-5-19-8-11/h3,6-7,9,11H,1-2,4-5,8H2,(H,15,18)(H,16,17). The van der Waals surface area contributed by atoms with E-state index < -0.39 is 0 Å². The van der Waals surface area contributed by atoms with Crippen LogP contribution in [0.3, 0.4) is 0 Å². The van der Waals surface area contributed by atoms with E-state index in [1.807, 2.05) is 5.38 Å². The topological polar surface area (TPSA) is 67.0 Å². The summed E-state index contributed by atoms with van der Waals surface area (Å²) in [5.41, 5.74) is 2.80. The SMILES string of the molecule is O=C(NCCc1ccsc1)c1cn[nH]c1C1CCOC1. The number of aromatic nitrogens is 2. The highest BCUT2D eigenvalue weighted by atomic mass is 32.1. The van der Waals surface area contributed by atoms with Crippen LogP contribution in [0.5, 0.6) is 0 Å². The second-order valence-corrected chi connectivity index (χ2v) is 5.68. The molecule has 0 saturated carbocycles. The third-order valence-corrected chi connectivity index (χ3v) is 4.26. The van der Waals surface area contributed by atoms with Crippen LogP contribution in [0.25, 0.3) is 0 Å². The van der Waals surface area contributed by atoms with Crippen molar-refractivity contribution in [2.45, 2.75) is 18.8 Å². The average Bonchev–Trinajstić information content (AvgIpc) is 3.19. The van der Waals surface area contributed by atoms with Crippen molar-refractivity contribution in [3.63, 3.8) is 0 Å². The summed E-state index contributed by atoms with van der Waals surface area (Å²) >= 11 is 1.67. The molecule has 1 aliphatic rings. The molecule has 2 N–H and O–H groups in total. The van der Waals surface area contributed by atoms with Crippen molar-refractivity contribution < 1.29 is 9.53 Å². The number of nitrogens with one attached hydrogen (secondary N) is 2. The Morgan fingerprint density at radius 3 is 3.30 bits per heavy atom. The van der Waals surface area contributed by atoms with Gasteiger partial charge in [-0.05, 0) is 35.2 Å². The molecular formula is C14H17N3O2S. The predicted octanol–water partition coefficient (Wildman–Crippen LogP) is 1.95. The first-order valence-electron chi connectivity index (χ1n) is 6.75. The lowest BCUT2D eigenvalue weighted by atomic mass is 10.0. The Morgan fingerprint density at radius 2 is 2.55 bits per heavy atom. The first kappa shape index (κ1) is 13.3. The Bertz CT molecular complexity index is 559. The van der Waals surface area contributed by atoms with Crippen molar-refractivity contribution in [1.82, 2.24) is 15.5 Å². The molecule has 0 aromatic carbocycles. The fourth-order valence-electron chi connectivity index (χ4n) is 2.40. The zero-order valence-corrected chi connectivity index (χ0v) is 11.9. The number of H-pyrrole nitrogens is 1. The number of nitrogens with zero attached hydrogens (tertiary/aromatic N) is 1. The van der Waals surface area contributed by atoms with E-state index in [0.717, 1.165) is 25.1 Å². The summed E-state index contributed by atoms with van der Waals surface area (Å²) in [4.78, 5) is 12.2. The molecule has 2 aromatic heterocycles. The number of ether oxygens (including phenoxy) is 1. The summed E-state index contributed by atoms with van der Waals surface area (Å²) in [6.45, 7) is 2.06. The summed E-state index contributed by atoms with van der Waals surface area (Å²) < 4.78 is 5.37. The quantitative estimate of drug-likeness (QED) is 0.885. The molecule has 0 bridgehead atoms. The fourth-order valence-corrected chi connectivity index (χ4v) is 3.10. The van der Waals surface area contributed by atoms with E-state index in [-0.39, 0.29) is 11.8 Å². The van der Waals surface area contributed by atoms with Crippen molar-refractivity contribution in [3.05, 3.63) is 39.8 Å². The highest BCUT2D eigenvalue weighted by Crippen LogP contribution is 2.25. The van der Waals surface area contributed by atoms with Gasteiger partial charge >= 0.3 is 0 Å². The number of aromatic amines is 1. The van der Waals surface area contributed by atoms with Crippen LogP contribution in [-0.2, 0) is 11.2 Å². The van der Waals surface area contributed by atoms with Crippen LogP contribution in [-0.4, -0.2) is 35.9 Å². The molecule has 6 heteroatoms. The highest BCUT2D eigenvalue weighted by Gasteiger charge is 2.24. The molecule has 2 aromatic rings. The van der Waals surface area contributed by atoms with Gasteiger partial charge in [-0.1, -0.05) is 0 Å². The largest absolute Gasteiger partial charge is 0.381 e. The maximum absolute atomic E-state index is 12.2. The monoisotopic (exact) mass is 291 g/mol. The van der Waals surface area contributed by atoms with E-state index in [1.165, 1.54) is 5.56 Å².